The second kappa shape index (κ2) is 8.41. The van der Waals surface area contributed by atoms with Crippen molar-refractivity contribution in [2.75, 3.05) is 34.5 Å². The van der Waals surface area contributed by atoms with Crippen molar-refractivity contribution in [2.24, 2.45) is 5.92 Å². The lowest BCUT2D eigenvalue weighted by atomic mass is 10.1. The number of ether oxygens (including phenoxy) is 3. The monoisotopic (exact) mass is 344 g/mol. The molecule has 0 amide bonds. The number of rotatable bonds is 7. The van der Waals surface area contributed by atoms with Crippen LogP contribution in [0.3, 0.4) is 0 Å². The first-order valence-corrected chi connectivity index (χ1v) is 8.79. The number of hydrogen-bond acceptors (Lipinski definition) is 4. The van der Waals surface area contributed by atoms with Crippen LogP contribution in [0, 0.1) is 5.92 Å². The molecule has 0 spiro atoms. The van der Waals surface area contributed by atoms with Crippen LogP contribution < -0.4 is 9.47 Å². The Morgan fingerprint density at radius 2 is 1.80 bits per heavy atom. The maximum absolute atomic E-state index is 5.41. The van der Waals surface area contributed by atoms with Crippen molar-refractivity contribution < 1.29 is 14.2 Å². The van der Waals surface area contributed by atoms with Crippen LogP contribution in [0.15, 0.2) is 36.5 Å². The number of fused-ring (bicyclic) bond motifs is 1. The second-order valence-electron chi connectivity index (χ2n) is 6.69. The average Bonchev–Trinajstić information content (AvgIpc) is 2.98. The molecule has 1 aromatic carbocycles. The topological polar surface area (TPSA) is 35.9 Å². The van der Waals surface area contributed by atoms with Gasteiger partial charge in [0, 0.05) is 57.9 Å². The molecule has 25 heavy (non-hydrogen) atoms. The van der Waals surface area contributed by atoms with Crippen molar-refractivity contribution in [3.63, 3.8) is 0 Å². The predicted octanol–water partition coefficient (Wildman–Crippen LogP) is 3.17. The Balaban J connectivity index is 1.78. The van der Waals surface area contributed by atoms with Crippen LogP contribution in [0.25, 0.3) is 0 Å². The van der Waals surface area contributed by atoms with Crippen LogP contribution in [0.2, 0.25) is 0 Å². The van der Waals surface area contributed by atoms with E-state index < -0.39 is 0 Å². The van der Waals surface area contributed by atoms with Gasteiger partial charge in [0.1, 0.15) is 11.5 Å². The smallest absolute Gasteiger partial charge is 0.122 e. The van der Waals surface area contributed by atoms with Crippen LogP contribution in [0.4, 0.5) is 0 Å². The van der Waals surface area contributed by atoms with E-state index in [1.165, 1.54) is 11.3 Å². The Hall–Kier alpha value is -1.98. The molecule has 0 fully saturated rings. The third kappa shape index (κ3) is 4.55. The molecule has 1 aliphatic heterocycles. The van der Waals surface area contributed by atoms with Crippen LogP contribution in [-0.2, 0) is 24.4 Å². The van der Waals surface area contributed by atoms with E-state index in [2.05, 4.69) is 39.9 Å². The highest BCUT2D eigenvalue weighted by Crippen LogP contribution is 2.26. The summed E-state index contributed by atoms with van der Waals surface area (Å²) in [5.74, 6) is 2.26. The summed E-state index contributed by atoms with van der Waals surface area (Å²) in [5.41, 5.74) is 2.58. The van der Waals surface area contributed by atoms with E-state index >= 15 is 0 Å². The van der Waals surface area contributed by atoms with Gasteiger partial charge in [-0.3, -0.25) is 4.90 Å². The zero-order valence-electron chi connectivity index (χ0n) is 15.4. The normalized spacial score (nSPS) is 17.8. The lowest BCUT2D eigenvalue weighted by molar-refractivity contribution is 0.151. The van der Waals surface area contributed by atoms with E-state index in [-0.39, 0.29) is 0 Å². The zero-order chi connectivity index (χ0) is 17.6. The fourth-order valence-electron chi connectivity index (χ4n) is 3.57. The van der Waals surface area contributed by atoms with E-state index in [4.69, 9.17) is 14.2 Å². The molecule has 0 N–H and O–H groups in total. The highest BCUT2D eigenvalue weighted by atomic mass is 16.5. The van der Waals surface area contributed by atoms with Gasteiger partial charge in [0.2, 0.25) is 0 Å². The van der Waals surface area contributed by atoms with Gasteiger partial charge in [-0.05, 0) is 42.2 Å². The van der Waals surface area contributed by atoms with Gasteiger partial charge in [-0.2, -0.15) is 0 Å². The van der Waals surface area contributed by atoms with Gasteiger partial charge >= 0.3 is 0 Å². The molecule has 0 unspecified atom stereocenters. The maximum Gasteiger partial charge on any atom is 0.122 e. The maximum atomic E-state index is 5.41. The molecule has 5 heteroatoms. The molecule has 0 saturated heterocycles. The SMILES string of the molecule is COCC[C@H]1CN(Cc2cc(OC)cc(OC)c2)Cc2cccn2C1. The first-order chi connectivity index (χ1) is 12.2. The van der Waals surface area contributed by atoms with Crippen LogP contribution >= 0.6 is 0 Å². The van der Waals surface area contributed by atoms with Crippen molar-refractivity contribution in [1.29, 1.82) is 0 Å². The lowest BCUT2D eigenvalue weighted by Crippen LogP contribution is -2.28. The fourth-order valence-corrected chi connectivity index (χ4v) is 3.57. The molecule has 136 valence electrons. The summed E-state index contributed by atoms with van der Waals surface area (Å²) >= 11 is 0. The quantitative estimate of drug-likeness (QED) is 0.773. The standard InChI is InChI=1S/C20H28N2O3/c1-23-8-6-16-12-21(15-18-5-4-7-22(18)14-16)13-17-9-19(24-2)11-20(10-17)25-3/h4-5,7,9-11,16H,6,8,12-15H2,1-3H3/t16-/m0/s1. The molecule has 2 heterocycles. The summed E-state index contributed by atoms with van der Waals surface area (Å²) in [4.78, 5) is 2.51. The molecule has 0 aliphatic carbocycles. The van der Waals surface area contributed by atoms with Crippen molar-refractivity contribution in [2.45, 2.75) is 26.1 Å². The van der Waals surface area contributed by atoms with Gasteiger partial charge in [0.25, 0.3) is 0 Å². The van der Waals surface area contributed by atoms with Crippen molar-refractivity contribution in [3.05, 3.63) is 47.8 Å². The van der Waals surface area contributed by atoms with Gasteiger partial charge in [0.05, 0.1) is 14.2 Å². The Labute approximate surface area is 150 Å². The fraction of sp³-hybridized carbons (Fsp3) is 0.500. The molecule has 3 rings (SSSR count). The van der Waals surface area contributed by atoms with Crippen molar-refractivity contribution in [1.82, 2.24) is 9.47 Å². The van der Waals surface area contributed by atoms with E-state index in [0.717, 1.165) is 50.7 Å². The van der Waals surface area contributed by atoms with E-state index in [1.807, 2.05) is 6.07 Å². The number of benzene rings is 1. The van der Waals surface area contributed by atoms with Crippen LogP contribution in [-0.4, -0.2) is 43.9 Å². The molecule has 0 radical (unpaired) electrons. The van der Waals surface area contributed by atoms with Crippen LogP contribution in [0.1, 0.15) is 17.7 Å². The van der Waals surface area contributed by atoms with Gasteiger partial charge in [-0.1, -0.05) is 0 Å². The first-order valence-electron chi connectivity index (χ1n) is 8.79. The minimum Gasteiger partial charge on any atom is -0.497 e. The van der Waals surface area contributed by atoms with Gasteiger partial charge < -0.3 is 18.8 Å². The minimum atomic E-state index is 0.584. The summed E-state index contributed by atoms with van der Waals surface area (Å²) in [5, 5.41) is 0. The van der Waals surface area contributed by atoms with E-state index in [0.29, 0.717) is 5.92 Å². The largest absolute Gasteiger partial charge is 0.497 e. The second-order valence-corrected chi connectivity index (χ2v) is 6.69. The van der Waals surface area contributed by atoms with Gasteiger partial charge in [0.15, 0.2) is 0 Å². The highest BCUT2D eigenvalue weighted by molar-refractivity contribution is 5.38. The number of hydrogen-bond donors (Lipinski definition) is 0. The molecular formula is C20H28N2O3. The zero-order valence-corrected chi connectivity index (χ0v) is 15.4. The summed E-state index contributed by atoms with van der Waals surface area (Å²) < 4.78 is 18.5. The molecule has 1 aromatic heterocycles. The number of nitrogens with zero attached hydrogens (tertiary/aromatic N) is 2. The Morgan fingerprint density at radius 3 is 2.48 bits per heavy atom. The lowest BCUT2D eigenvalue weighted by Gasteiger charge is -2.24. The Morgan fingerprint density at radius 1 is 1.04 bits per heavy atom. The molecule has 5 nitrogen and oxygen atoms in total. The average molecular weight is 344 g/mol. The van der Waals surface area contributed by atoms with E-state index in [9.17, 15) is 0 Å². The molecule has 0 bridgehead atoms. The molecule has 2 aromatic rings. The van der Waals surface area contributed by atoms with Crippen molar-refractivity contribution >= 4 is 0 Å². The molecule has 1 aliphatic rings. The number of methoxy groups -OCH3 is 3. The third-order valence-electron chi connectivity index (χ3n) is 4.83. The third-order valence-corrected chi connectivity index (χ3v) is 4.83. The summed E-state index contributed by atoms with van der Waals surface area (Å²) in [6, 6.07) is 10.5. The predicted molar refractivity (Wildman–Crippen MR) is 98.1 cm³/mol. The summed E-state index contributed by atoms with van der Waals surface area (Å²) in [6.45, 7) is 4.76. The summed E-state index contributed by atoms with van der Waals surface area (Å²) in [7, 11) is 5.16. The van der Waals surface area contributed by atoms with E-state index in [1.54, 1.807) is 21.3 Å². The molecular weight excluding hydrogens is 316 g/mol. The van der Waals surface area contributed by atoms with Crippen molar-refractivity contribution in [3.8, 4) is 11.5 Å². The van der Waals surface area contributed by atoms with Crippen LogP contribution in [0.5, 0.6) is 11.5 Å². The Bertz CT molecular complexity index is 661. The molecule has 1 atom stereocenters. The van der Waals surface area contributed by atoms with Gasteiger partial charge in [-0.25, -0.2) is 0 Å². The molecule has 0 saturated carbocycles. The first kappa shape index (κ1) is 17.8. The Kier molecular flexibility index (Phi) is 6.00. The summed E-state index contributed by atoms with van der Waals surface area (Å²) in [6.07, 6.45) is 3.26. The minimum absolute atomic E-state index is 0.584. The number of aromatic nitrogens is 1. The highest BCUT2D eigenvalue weighted by Gasteiger charge is 2.21. The van der Waals surface area contributed by atoms with Gasteiger partial charge in [-0.15, -0.1) is 0 Å².